The fraction of sp³-hybridized carbons (Fsp3) is 0.353. The Bertz CT molecular complexity index is 702. The fourth-order valence-corrected chi connectivity index (χ4v) is 2.40. The predicted molar refractivity (Wildman–Crippen MR) is 86.8 cm³/mol. The van der Waals surface area contributed by atoms with E-state index in [1.165, 1.54) is 0 Å². The van der Waals surface area contributed by atoms with Crippen molar-refractivity contribution in [3.8, 4) is 0 Å². The van der Waals surface area contributed by atoms with Gasteiger partial charge in [-0.05, 0) is 44.9 Å². The molecule has 0 aliphatic rings. The van der Waals surface area contributed by atoms with Crippen LogP contribution in [0.15, 0.2) is 30.5 Å². The molecule has 0 unspecified atom stereocenters. The molecule has 6 heteroatoms. The lowest BCUT2D eigenvalue weighted by atomic mass is 10.1. The smallest absolute Gasteiger partial charge is 0.335 e. The van der Waals surface area contributed by atoms with Gasteiger partial charge in [-0.3, -0.25) is 9.48 Å². The Balaban J connectivity index is 1.91. The molecule has 1 aromatic heterocycles. The van der Waals surface area contributed by atoms with Crippen molar-refractivity contribution in [1.82, 2.24) is 15.1 Å². The number of carbonyl (C=O) groups is 2. The molecule has 0 aliphatic carbocycles. The minimum Gasteiger partial charge on any atom is -0.478 e. The van der Waals surface area contributed by atoms with Crippen molar-refractivity contribution >= 4 is 11.9 Å². The molecular weight excluding hydrogens is 294 g/mol. The minimum absolute atomic E-state index is 0.142. The molecule has 2 rings (SSSR count). The molecule has 122 valence electrons. The van der Waals surface area contributed by atoms with Gasteiger partial charge in [0.05, 0.1) is 17.3 Å². The van der Waals surface area contributed by atoms with E-state index < -0.39 is 5.97 Å². The topological polar surface area (TPSA) is 84.2 Å². The maximum absolute atomic E-state index is 12.2. The van der Waals surface area contributed by atoms with E-state index in [-0.39, 0.29) is 17.5 Å². The molecule has 1 aromatic carbocycles. The first-order valence-electron chi connectivity index (χ1n) is 7.54. The molecule has 0 radical (unpaired) electrons. The summed E-state index contributed by atoms with van der Waals surface area (Å²) in [5.74, 6) is -1.08. The van der Waals surface area contributed by atoms with Crippen molar-refractivity contribution in [2.75, 3.05) is 6.54 Å². The Kier molecular flexibility index (Phi) is 5.16. The second-order valence-electron chi connectivity index (χ2n) is 5.69. The highest BCUT2D eigenvalue weighted by atomic mass is 16.4. The maximum Gasteiger partial charge on any atom is 0.335 e. The average molecular weight is 315 g/mol. The van der Waals surface area contributed by atoms with Crippen molar-refractivity contribution in [3.05, 3.63) is 52.8 Å². The summed E-state index contributed by atoms with van der Waals surface area (Å²) in [5.41, 5.74) is 2.67. The van der Waals surface area contributed by atoms with E-state index in [2.05, 4.69) is 10.4 Å². The lowest BCUT2D eigenvalue weighted by molar-refractivity contribution is 0.0696. The van der Waals surface area contributed by atoms with Gasteiger partial charge >= 0.3 is 5.97 Å². The van der Waals surface area contributed by atoms with Crippen molar-refractivity contribution in [2.45, 2.75) is 33.2 Å². The Morgan fingerprint density at radius 3 is 2.43 bits per heavy atom. The van der Waals surface area contributed by atoms with Gasteiger partial charge in [0.25, 0.3) is 5.91 Å². The van der Waals surface area contributed by atoms with Crippen LogP contribution in [0.4, 0.5) is 0 Å². The molecule has 0 fully saturated rings. The number of hydrogen-bond acceptors (Lipinski definition) is 3. The molecule has 0 saturated heterocycles. The number of carbonyl (C=O) groups excluding carboxylic acids is 1. The van der Waals surface area contributed by atoms with Gasteiger partial charge in [0, 0.05) is 18.3 Å². The van der Waals surface area contributed by atoms with Crippen LogP contribution in [0.1, 0.15) is 51.9 Å². The third kappa shape index (κ3) is 3.97. The van der Waals surface area contributed by atoms with Crippen LogP contribution in [0.25, 0.3) is 0 Å². The van der Waals surface area contributed by atoms with Crippen LogP contribution < -0.4 is 5.32 Å². The van der Waals surface area contributed by atoms with Gasteiger partial charge in [0.2, 0.25) is 0 Å². The van der Waals surface area contributed by atoms with E-state index in [0.717, 1.165) is 11.3 Å². The van der Waals surface area contributed by atoms with Crippen molar-refractivity contribution < 1.29 is 14.7 Å². The molecule has 23 heavy (non-hydrogen) atoms. The Labute approximate surface area is 135 Å². The molecule has 0 atom stereocenters. The van der Waals surface area contributed by atoms with E-state index in [9.17, 15) is 9.59 Å². The monoisotopic (exact) mass is 315 g/mol. The number of nitrogens with zero attached hydrogens (tertiary/aromatic N) is 2. The lowest BCUT2D eigenvalue weighted by Crippen LogP contribution is -2.26. The Hall–Kier alpha value is -2.63. The van der Waals surface area contributed by atoms with Gasteiger partial charge in [-0.15, -0.1) is 0 Å². The van der Waals surface area contributed by atoms with Crippen LogP contribution in [-0.2, 0) is 6.42 Å². The summed E-state index contributed by atoms with van der Waals surface area (Å²) < 4.78 is 1.82. The number of hydrogen-bond donors (Lipinski definition) is 2. The lowest BCUT2D eigenvalue weighted by Gasteiger charge is -2.09. The van der Waals surface area contributed by atoms with Crippen LogP contribution >= 0.6 is 0 Å². The molecule has 0 saturated carbocycles. The summed E-state index contributed by atoms with van der Waals surface area (Å²) >= 11 is 0. The summed E-state index contributed by atoms with van der Waals surface area (Å²) in [6, 6.07) is 6.87. The highest BCUT2D eigenvalue weighted by Crippen LogP contribution is 2.12. The van der Waals surface area contributed by atoms with Gasteiger partial charge < -0.3 is 10.4 Å². The molecule has 0 bridgehead atoms. The van der Waals surface area contributed by atoms with Crippen LogP contribution in [-0.4, -0.2) is 33.3 Å². The fourth-order valence-electron chi connectivity index (χ4n) is 2.40. The van der Waals surface area contributed by atoms with Crippen LogP contribution in [0.2, 0.25) is 0 Å². The standard InChI is InChI=1S/C17H21N3O3/c1-11(2)20-12(3)15(10-19-20)16(21)18-9-8-13-4-6-14(7-5-13)17(22)23/h4-7,10-11H,8-9H2,1-3H3,(H,18,21)(H,22,23). The van der Waals surface area contributed by atoms with Crippen molar-refractivity contribution in [2.24, 2.45) is 0 Å². The van der Waals surface area contributed by atoms with Crippen molar-refractivity contribution in [1.29, 1.82) is 0 Å². The number of rotatable bonds is 6. The number of aromatic nitrogens is 2. The molecule has 2 aromatic rings. The van der Waals surface area contributed by atoms with Gasteiger partial charge in [0.1, 0.15) is 0 Å². The summed E-state index contributed by atoms with van der Waals surface area (Å²) in [6.07, 6.45) is 2.23. The minimum atomic E-state index is -0.942. The highest BCUT2D eigenvalue weighted by molar-refractivity contribution is 5.95. The third-order valence-corrected chi connectivity index (χ3v) is 3.68. The Morgan fingerprint density at radius 1 is 1.26 bits per heavy atom. The first kappa shape index (κ1) is 16.7. The first-order chi connectivity index (χ1) is 10.9. The van der Waals surface area contributed by atoms with Crippen LogP contribution in [0, 0.1) is 6.92 Å². The molecule has 6 nitrogen and oxygen atoms in total. The SMILES string of the molecule is Cc1c(C(=O)NCCc2ccc(C(=O)O)cc2)cnn1C(C)C. The normalized spacial score (nSPS) is 10.8. The molecule has 1 heterocycles. The summed E-state index contributed by atoms with van der Waals surface area (Å²) in [5, 5.41) is 16.0. The zero-order valence-corrected chi connectivity index (χ0v) is 13.5. The van der Waals surface area contributed by atoms with Gasteiger partial charge in [-0.1, -0.05) is 12.1 Å². The predicted octanol–water partition coefficient (Wildman–Crippen LogP) is 2.44. The number of amides is 1. The number of aromatic carboxylic acids is 1. The molecule has 0 aliphatic heterocycles. The summed E-state index contributed by atoms with van der Waals surface area (Å²) in [4.78, 5) is 23.0. The number of carboxylic acids is 1. The van der Waals surface area contributed by atoms with Gasteiger partial charge in [0.15, 0.2) is 0 Å². The van der Waals surface area contributed by atoms with E-state index in [1.54, 1.807) is 30.5 Å². The molecule has 2 N–H and O–H groups in total. The van der Waals surface area contributed by atoms with Crippen LogP contribution in [0.5, 0.6) is 0 Å². The van der Waals surface area contributed by atoms with E-state index in [1.807, 2.05) is 25.5 Å². The average Bonchev–Trinajstić information content (AvgIpc) is 2.89. The quantitative estimate of drug-likeness (QED) is 0.857. The maximum atomic E-state index is 12.2. The zero-order valence-electron chi connectivity index (χ0n) is 13.5. The molecule has 0 spiro atoms. The summed E-state index contributed by atoms with van der Waals surface area (Å²) in [7, 11) is 0. The van der Waals surface area contributed by atoms with E-state index in [0.29, 0.717) is 18.5 Å². The van der Waals surface area contributed by atoms with E-state index >= 15 is 0 Å². The van der Waals surface area contributed by atoms with Crippen molar-refractivity contribution in [3.63, 3.8) is 0 Å². The number of carboxylic acid groups (broad SMARTS) is 1. The van der Waals surface area contributed by atoms with Gasteiger partial charge in [-0.25, -0.2) is 4.79 Å². The second kappa shape index (κ2) is 7.09. The van der Waals surface area contributed by atoms with Crippen LogP contribution in [0.3, 0.4) is 0 Å². The second-order valence-corrected chi connectivity index (χ2v) is 5.69. The summed E-state index contributed by atoms with van der Waals surface area (Å²) in [6.45, 7) is 6.40. The molecule has 1 amide bonds. The van der Waals surface area contributed by atoms with E-state index in [4.69, 9.17) is 5.11 Å². The van der Waals surface area contributed by atoms with Gasteiger partial charge in [-0.2, -0.15) is 5.10 Å². The molecular formula is C17H21N3O3. The number of nitrogens with one attached hydrogen (secondary N) is 1. The zero-order chi connectivity index (χ0) is 17.0. The largest absolute Gasteiger partial charge is 0.478 e. The Morgan fingerprint density at radius 2 is 1.91 bits per heavy atom. The number of benzene rings is 1. The first-order valence-corrected chi connectivity index (χ1v) is 7.54. The highest BCUT2D eigenvalue weighted by Gasteiger charge is 2.15. The third-order valence-electron chi connectivity index (χ3n) is 3.68.